The molecule has 0 aliphatic heterocycles. The van der Waals surface area contributed by atoms with Gasteiger partial charge >= 0.3 is 5.97 Å². The second kappa shape index (κ2) is 7.85. The summed E-state index contributed by atoms with van der Waals surface area (Å²) >= 11 is 0. The molecular weight excluding hydrogens is 294 g/mol. The van der Waals surface area contributed by atoms with Gasteiger partial charge in [0.25, 0.3) is 0 Å². The molecule has 0 radical (unpaired) electrons. The van der Waals surface area contributed by atoms with E-state index in [2.05, 4.69) is 10.8 Å². The molecule has 2 aromatic carbocycles. The molecule has 0 atom stereocenters. The predicted octanol–water partition coefficient (Wildman–Crippen LogP) is 3.32. The van der Waals surface area contributed by atoms with Crippen LogP contribution in [0.2, 0.25) is 0 Å². The average Bonchev–Trinajstić information content (AvgIpc) is 2.60. The van der Waals surface area contributed by atoms with Gasteiger partial charge in [0.1, 0.15) is 6.61 Å². The number of hydrogen-bond donors (Lipinski definition) is 0. The van der Waals surface area contributed by atoms with Gasteiger partial charge in [0.15, 0.2) is 11.5 Å². The van der Waals surface area contributed by atoms with Crippen LogP contribution in [0.25, 0.3) is 0 Å². The fourth-order valence-electron chi connectivity index (χ4n) is 1.98. The zero-order valence-corrected chi connectivity index (χ0v) is 13.0. The molecular formula is C18H17NO4. The number of benzene rings is 2. The van der Waals surface area contributed by atoms with E-state index < -0.39 is 0 Å². The van der Waals surface area contributed by atoms with Gasteiger partial charge in [-0.1, -0.05) is 12.1 Å². The van der Waals surface area contributed by atoms with E-state index in [4.69, 9.17) is 14.7 Å². The molecule has 0 spiro atoms. The molecule has 0 bridgehead atoms. The zero-order valence-electron chi connectivity index (χ0n) is 13.0. The van der Waals surface area contributed by atoms with Crippen molar-refractivity contribution in [3.8, 4) is 17.6 Å². The van der Waals surface area contributed by atoms with E-state index in [9.17, 15) is 4.79 Å². The van der Waals surface area contributed by atoms with Crippen LogP contribution >= 0.6 is 0 Å². The fraction of sp³-hybridized carbons (Fsp3) is 0.222. The van der Waals surface area contributed by atoms with Crippen LogP contribution in [0.4, 0.5) is 0 Å². The number of ether oxygens (including phenoxy) is 3. The normalized spacial score (nSPS) is 9.78. The lowest BCUT2D eigenvalue weighted by molar-refractivity contribution is 0.0600. The van der Waals surface area contributed by atoms with Crippen molar-refractivity contribution in [1.82, 2.24) is 0 Å². The molecule has 0 heterocycles. The smallest absolute Gasteiger partial charge is 0.337 e. The van der Waals surface area contributed by atoms with Gasteiger partial charge in [0.05, 0.1) is 30.9 Å². The van der Waals surface area contributed by atoms with Gasteiger partial charge in [0, 0.05) is 6.07 Å². The van der Waals surface area contributed by atoms with Crippen molar-refractivity contribution in [2.45, 2.75) is 13.5 Å². The maximum atomic E-state index is 11.4. The van der Waals surface area contributed by atoms with Crippen LogP contribution in [0.15, 0.2) is 42.5 Å². The van der Waals surface area contributed by atoms with Gasteiger partial charge in [-0.2, -0.15) is 5.26 Å². The first-order valence-corrected chi connectivity index (χ1v) is 7.15. The van der Waals surface area contributed by atoms with Gasteiger partial charge in [0.2, 0.25) is 0 Å². The van der Waals surface area contributed by atoms with Gasteiger partial charge < -0.3 is 14.2 Å². The zero-order chi connectivity index (χ0) is 16.7. The number of methoxy groups -OCH3 is 1. The lowest BCUT2D eigenvalue weighted by Crippen LogP contribution is -2.02. The first kappa shape index (κ1) is 16.4. The topological polar surface area (TPSA) is 68.5 Å². The van der Waals surface area contributed by atoms with Crippen molar-refractivity contribution in [2.75, 3.05) is 13.7 Å². The molecule has 0 aliphatic rings. The van der Waals surface area contributed by atoms with Crippen LogP contribution in [0.1, 0.15) is 28.4 Å². The van der Waals surface area contributed by atoms with Gasteiger partial charge in [-0.3, -0.25) is 0 Å². The molecule has 5 nitrogen and oxygen atoms in total. The summed E-state index contributed by atoms with van der Waals surface area (Å²) in [6.45, 7) is 2.68. The summed E-state index contributed by atoms with van der Waals surface area (Å²) in [7, 11) is 1.35. The number of rotatable bonds is 6. The molecule has 2 aromatic rings. The highest BCUT2D eigenvalue weighted by molar-refractivity contribution is 5.89. The summed E-state index contributed by atoms with van der Waals surface area (Å²) in [6.07, 6.45) is 0. The molecule has 23 heavy (non-hydrogen) atoms. The minimum atomic E-state index is -0.372. The number of hydrogen-bond acceptors (Lipinski definition) is 5. The third kappa shape index (κ3) is 4.24. The summed E-state index contributed by atoms with van der Waals surface area (Å²) < 4.78 is 15.9. The number of carbonyl (C=O) groups excluding carboxylic acids is 1. The first-order valence-electron chi connectivity index (χ1n) is 7.15. The summed E-state index contributed by atoms with van der Waals surface area (Å²) in [4.78, 5) is 11.4. The Balaban J connectivity index is 2.08. The van der Waals surface area contributed by atoms with Crippen molar-refractivity contribution in [1.29, 1.82) is 5.26 Å². The number of esters is 1. The molecule has 0 aliphatic carbocycles. The highest BCUT2D eigenvalue weighted by Crippen LogP contribution is 2.29. The Labute approximate surface area is 135 Å². The Morgan fingerprint density at radius 3 is 2.43 bits per heavy atom. The molecule has 0 saturated carbocycles. The third-order valence-electron chi connectivity index (χ3n) is 3.14. The van der Waals surface area contributed by atoms with Crippen LogP contribution in [-0.4, -0.2) is 19.7 Å². The molecule has 0 saturated heterocycles. The lowest BCUT2D eigenvalue weighted by Gasteiger charge is -2.12. The maximum Gasteiger partial charge on any atom is 0.337 e. The molecule has 0 aromatic heterocycles. The fourth-order valence-corrected chi connectivity index (χ4v) is 1.98. The van der Waals surface area contributed by atoms with Crippen LogP contribution in [0.5, 0.6) is 11.5 Å². The van der Waals surface area contributed by atoms with E-state index >= 15 is 0 Å². The monoisotopic (exact) mass is 311 g/mol. The molecule has 2 rings (SSSR count). The molecule has 5 heteroatoms. The van der Waals surface area contributed by atoms with Crippen LogP contribution in [0.3, 0.4) is 0 Å². The molecule has 118 valence electrons. The Morgan fingerprint density at radius 1 is 1.09 bits per heavy atom. The second-order valence-corrected chi connectivity index (χ2v) is 4.68. The Hall–Kier alpha value is -3.00. The summed E-state index contributed by atoms with van der Waals surface area (Å²) in [6, 6.07) is 14.1. The Kier molecular flexibility index (Phi) is 5.59. The average molecular weight is 311 g/mol. The third-order valence-corrected chi connectivity index (χ3v) is 3.14. The van der Waals surface area contributed by atoms with E-state index in [1.807, 2.05) is 6.92 Å². The van der Waals surface area contributed by atoms with Crippen molar-refractivity contribution in [3.05, 3.63) is 59.2 Å². The van der Waals surface area contributed by atoms with E-state index in [0.717, 1.165) is 5.56 Å². The molecule has 0 N–H and O–H groups in total. The van der Waals surface area contributed by atoms with Gasteiger partial charge in [-0.15, -0.1) is 0 Å². The highest BCUT2D eigenvalue weighted by Gasteiger charge is 2.08. The van der Waals surface area contributed by atoms with Crippen molar-refractivity contribution >= 4 is 5.97 Å². The largest absolute Gasteiger partial charge is 0.490 e. The molecule has 0 amide bonds. The molecule has 0 unspecified atom stereocenters. The van der Waals surface area contributed by atoms with Crippen LogP contribution in [0, 0.1) is 11.3 Å². The minimum Gasteiger partial charge on any atom is -0.490 e. The second-order valence-electron chi connectivity index (χ2n) is 4.68. The quantitative estimate of drug-likeness (QED) is 0.765. The number of nitrogens with zero attached hydrogens (tertiary/aromatic N) is 1. The number of carbonyl (C=O) groups is 1. The van der Waals surface area contributed by atoms with Crippen LogP contribution < -0.4 is 9.47 Å². The van der Waals surface area contributed by atoms with E-state index in [1.54, 1.807) is 42.5 Å². The lowest BCUT2D eigenvalue weighted by atomic mass is 10.1. The standard InChI is InChI=1S/C18H17NO4/c1-3-22-17-10-14(11-19)6-9-16(17)23-12-13-4-7-15(8-5-13)18(20)21-2/h4-10H,3,12H2,1-2H3. The van der Waals surface area contributed by atoms with Crippen molar-refractivity contribution < 1.29 is 19.0 Å². The van der Waals surface area contributed by atoms with E-state index in [-0.39, 0.29) is 5.97 Å². The van der Waals surface area contributed by atoms with E-state index in [0.29, 0.717) is 35.8 Å². The maximum absolute atomic E-state index is 11.4. The van der Waals surface area contributed by atoms with Gasteiger partial charge in [-0.25, -0.2) is 4.79 Å². The van der Waals surface area contributed by atoms with Crippen molar-refractivity contribution in [2.24, 2.45) is 0 Å². The summed E-state index contributed by atoms with van der Waals surface area (Å²) in [5, 5.41) is 8.94. The first-order chi connectivity index (χ1) is 11.2. The Bertz CT molecular complexity index is 717. The SMILES string of the molecule is CCOc1cc(C#N)ccc1OCc1ccc(C(=O)OC)cc1. The predicted molar refractivity (Wildman–Crippen MR) is 84.4 cm³/mol. The van der Waals surface area contributed by atoms with Crippen molar-refractivity contribution in [3.63, 3.8) is 0 Å². The summed E-state index contributed by atoms with van der Waals surface area (Å²) in [5.74, 6) is 0.740. The number of nitriles is 1. The Morgan fingerprint density at radius 2 is 1.83 bits per heavy atom. The molecule has 0 fully saturated rings. The minimum absolute atomic E-state index is 0.327. The highest BCUT2D eigenvalue weighted by atomic mass is 16.5. The van der Waals surface area contributed by atoms with Crippen LogP contribution in [-0.2, 0) is 11.3 Å². The van der Waals surface area contributed by atoms with E-state index in [1.165, 1.54) is 7.11 Å². The van der Waals surface area contributed by atoms with Gasteiger partial charge in [-0.05, 0) is 36.8 Å². The summed E-state index contributed by atoms with van der Waals surface area (Å²) in [5.41, 5.74) is 1.91.